The molecule has 3 heteroatoms. The molecule has 94 valence electrons. The van der Waals surface area contributed by atoms with Crippen LogP contribution in [0.4, 0.5) is 0 Å². The lowest BCUT2D eigenvalue weighted by Gasteiger charge is -2.17. The van der Waals surface area contributed by atoms with Crippen molar-refractivity contribution in [2.24, 2.45) is 0 Å². The number of rotatable bonds is 4. The summed E-state index contributed by atoms with van der Waals surface area (Å²) in [6.45, 7) is 2.07. The largest absolute Gasteiger partial charge is 0.507 e. The summed E-state index contributed by atoms with van der Waals surface area (Å²) in [5.41, 5.74) is 1.06. The van der Waals surface area contributed by atoms with Gasteiger partial charge in [-0.05, 0) is 12.8 Å². The molecule has 0 aromatic heterocycles. The van der Waals surface area contributed by atoms with E-state index in [1.165, 1.54) is 0 Å². The van der Waals surface area contributed by atoms with Crippen molar-refractivity contribution in [1.82, 2.24) is 0 Å². The first kappa shape index (κ1) is 12.6. The molecule has 1 aromatic rings. The van der Waals surface area contributed by atoms with Gasteiger partial charge in [0, 0.05) is 16.7 Å². The molecule has 18 heavy (non-hydrogen) atoms. The third-order valence-corrected chi connectivity index (χ3v) is 3.22. The van der Waals surface area contributed by atoms with Gasteiger partial charge < -0.3 is 5.11 Å². The van der Waals surface area contributed by atoms with Crippen molar-refractivity contribution in [1.29, 1.82) is 0 Å². The second kappa shape index (κ2) is 5.17. The second-order valence-corrected chi connectivity index (χ2v) is 4.49. The fraction of sp³-hybridized carbons (Fsp3) is 0.333. The van der Waals surface area contributed by atoms with Gasteiger partial charge >= 0.3 is 0 Å². The lowest BCUT2D eigenvalue weighted by Crippen LogP contribution is -2.24. The van der Waals surface area contributed by atoms with Crippen LogP contribution in [0, 0.1) is 0 Å². The van der Waals surface area contributed by atoms with Crippen molar-refractivity contribution < 1.29 is 14.7 Å². The summed E-state index contributed by atoms with van der Waals surface area (Å²) in [5, 5.41) is 10.1. The minimum Gasteiger partial charge on any atom is -0.507 e. The van der Waals surface area contributed by atoms with Crippen LogP contribution in [-0.4, -0.2) is 16.7 Å². The van der Waals surface area contributed by atoms with Gasteiger partial charge in [0.25, 0.3) is 0 Å². The zero-order chi connectivity index (χ0) is 13.1. The summed E-state index contributed by atoms with van der Waals surface area (Å²) in [4.78, 5) is 23.8. The minimum absolute atomic E-state index is 0.0219. The van der Waals surface area contributed by atoms with E-state index in [-0.39, 0.29) is 11.3 Å². The molecular formula is C15H16O3. The van der Waals surface area contributed by atoms with E-state index in [1.807, 2.05) is 0 Å². The van der Waals surface area contributed by atoms with Gasteiger partial charge in [-0.3, -0.25) is 9.59 Å². The monoisotopic (exact) mass is 244 g/mol. The van der Waals surface area contributed by atoms with Crippen molar-refractivity contribution in [3.05, 3.63) is 41.0 Å². The molecule has 0 aliphatic heterocycles. The zero-order valence-corrected chi connectivity index (χ0v) is 10.4. The predicted octanol–water partition coefficient (Wildman–Crippen LogP) is 3.30. The summed E-state index contributed by atoms with van der Waals surface area (Å²) in [7, 11) is 0. The maximum atomic E-state index is 11.9. The number of benzene rings is 1. The molecule has 0 radical (unpaired) electrons. The molecule has 2 rings (SSSR count). The van der Waals surface area contributed by atoms with Gasteiger partial charge in [0.1, 0.15) is 5.76 Å². The Morgan fingerprint density at radius 3 is 2.33 bits per heavy atom. The van der Waals surface area contributed by atoms with Crippen molar-refractivity contribution in [2.75, 3.05) is 0 Å². The number of hydrogen-bond acceptors (Lipinski definition) is 3. The van der Waals surface area contributed by atoms with Gasteiger partial charge in [-0.2, -0.15) is 0 Å². The van der Waals surface area contributed by atoms with E-state index in [9.17, 15) is 14.7 Å². The van der Waals surface area contributed by atoms with Crippen LogP contribution >= 0.6 is 0 Å². The van der Waals surface area contributed by atoms with E-state index in [2.05, 4.69) is 6.92 Å². The van der Waals surface area contributed by atoms with Crippen LogP contribution in [0.2, 0.25) is 0 Å². The number of carbonyl (C=O) groups is 2. The summed E-state index contributed by atoms with van der Waals surface area (Å²) >= 11 is 0. The van der Waals surface area contributed by atoms with Crippen molar-refractivity contribution in [3.63, 3.8) is 0 Å². The highest BCUT2D eigenvalue weighted by Crippen LogP contribution is 2.30. The Morgan fingerprint density at radius 1 is 1.00 bits per heavy atom. The molecule has 3 nitrogen and oxygen atoms in total. The number of aliphatic hydroxyl groups excluding tert-OH is 1. The van der Waals surface area contributed by atoms with Crippen LogP contribution in [0.3, 0.4) is 0 Å². The SMILES string of the molecule is CCCCCC1=C(O)c2ccccc2C(=O)C1=O. The van der Waals surface area contributed by atoms with Gasteiger partial charge in [0.15, 0.2) is 0 Å². The number of hydrogen-bond donors (Lipinski definition) is 1. The molecule has 1 N–H and O–H groups in total. The van der Waals surface area contributed by atoms with Gasteiger partial charge in [-0.1, -0.05) is 44.0 Å². The number of unbranched alkanes of at least 4 members (excludes halogenated alkanes) is 2. The first-order valence-electron chi connectivity index (χ1n) is 6.27. The number of allylic oxidation sites excluding steroid dienone is 1. The van der Waals surface area contributed by atoms with E-state index in [0.717, 1.165) is 19.3 Å². The molecule has 1 aromatic carbocycles. The number of aliphatic hydroxyl groups is 1. The Kier molecular flexibility index (Phi) is 3.60. The molecule has 0 unspecified atom stereocenters. The van der Waals surface area contributed by atoms with Crippen molar-refractivity contribution in [2.45, 2.75) is 32.6 Å². The molecule has 0 atom stereocenters. The maximum absolute atomic E-state index is 11.9. The molecule has 0 saturated carbocycles. The van der Waals surface area contributed by atoms with Crippen LogP contribution in [0.15, 0.2) is 29.8 Å². The van der Waals surface area contributed by atoms with Gasteiger partial charge in [0.05, 0.1) is 0 Å². The summed E-state index contributed by atoms with van der Waals surface area (Å²) in [5.74, 6) is -1.08. The van der Waals surface area contributed by atoms with E-state index in [4.69, 9.17) is 0 Å². The van der Waals surface area contributed by atoms with E-state index in [0.29, 0.717) is 17.5 Å². The first-order chi connectivity index (χ1) is 8.66. The smallest absolute Gasteiger partial charge is 0.234 e. The van der Waals surface area contributed by atoms with Gasteiger partial charge in [-0.15, -0.1) is 0 Å². The fourth-order valence-electron chi connectivity index (χ4n) is 2.20. The number of carbonyl (C=O) groups excluding carboxylic acids is 2. The average Bonchev–Trinajstić information content (AvgIpc) is 2.40. The van der Waals surface area contributed by atoms with E-state index in [1.54, 1.807) is 24.3 Å². The summed E-state index contributed by atoms with van der Waals surface area (Å²) in [6.07, 6.45) is 3.31. The molecular weight excluding hydrogens is 228 g/mol. The Balaban J connectivity index is 2.39. The molecule has 0 spiro atoms. The van der Waals surface area contributed by atoms with Crippen LogP contribution in [0.25, 0.3) is 5.76 Å². The second-order valence-electron chi connectivity index (χ2n) is 4.49. The average molecular weight is 244 g/mol. The third-order valence-electron chi connectivity index (χ3n) is 3.22. The van der Waals surface area contributed by atoms with Crippen LogP contribution in [-0.2, 0) is 4.79 Å². The molecule has 0 bridgehead atoms. The third kappa shape index (κ3) is 2.08. The Labute approximate surface area is 106 Å². The molecule has 1 aliphatic rings. The van der Waals surface area contributed by atoms with E-state index >= 15 is 0 Å². The molecule has 0 fully saturated rings. The van der Waals surface area contributed by atoms with Crippen LogP contribution in [0.5, 0.6) is 0 Å². The number of fused-ring (bicyclic) bond motifs is 1. The maximum Gasteiger partial charge on any atom is 0.234 e. The minimum atomic E-state index is -0.553. The normalized spacial score (nSPS) is 14.9. The zero-order valence-electron chi connectivity index (χ0n) is 10.4. The highest BCUT2D eigenvalue weighted by atomic mass is 16.3. The number of Topliss-reactive ketones (excluding diaryl/α,β-unsaturated/α-hetero) is 2. The first-order valence-corrected chi connectivity index (χ1v) is 6.27. The van der Waals surface area contributed by atoms with Gasteiger partial charge in [0.2, 0.25) is 11.6 Å². The Morgan fingerprint density at radius 2 is 1.67 bits per heavy atom. The quantitative estimate of drug-likeness (QED) is 0.653. The molecule has 0 saturated heterocycles. The lowest BCUT2D eigenvalue weighted by molar-refractivity contribution is -0.112. The molecule has 1 aliphatic carbocycles. The number of ketones is 2. The summed E-state index contributed by atoms with van der Waals surface area (Å²) in [6, 6.07) is 6.70. The molecule has 0 heterocycles. The van der Waals surface area contributed by atoms with Crippen molar-refractivity contribution >= 4 is 17.3 Å². The Bertz CT molecular complexity index is 526. The summed E-state index contributed by atoms with van der Waals surface area (Å²) < 4.78 is 0. The highest BCUT2D eigenvalue weighted by molar-refractivity contribution is 6.52. The van der Waals surface area contributed by atoms with E-state index < -0.39 is 11.6 Å². The molecule has 0 amide bonds. The lowest BCUT2D eigenvalue weighted by atomic mass is 9.86. The topological polar surface area (TPSA) is 54.4 Å². The Hall–Kier alpha value is -1.90. The van der Waals surface area contributed by atoms with Crippen molar-refractivity contribution in [3.8, 4) is 0 Å². The fourth-order valence-corrected chi connectivity index (χ4v) is 2.20. The van der Waals surface area contributed by atoms with Crippen LogP contribution in [0.1, 0.15) is 48.5 Å². The standard InChI is InChI=1S/C15H16O3/c1-2-3-4-9-12-13(16)10-7-5-6-8-11(10)14(17)15(12)18/h5-8,16H,2-4,9H2,1H3. The highest BCUT2D eigenvalue weighted by Gasteiger charge is 2.31. The van der Waals surface area contributed by atoms with Crippen LogP contribution < -0.4 is 0 Å². The van der Waals surface area contributed by atoms with Gasteiger partial charge in [-0.25, -0.2) is 0 Å². The predicted molar refractivity (Wildman–Crippen MR) is 69.5 cm³/mol.